The molecule has 2 amide bonds. The molecule has 1 saturated heterocycles. The van der Waals surface area contributed by atoms with Crippen LogP contribution in [0.1, 0.15) is 33.3 Å². The van der Waals surface area contributed by atoms with Gasteiger partial charge in [0.25, 0.3) is 11.1 Å². The number of halogens is 1. The number of rotatable bonds is 7. The minimum absolute atomic E-state index is 0.0445. The smallest absolute Gasteiger partial charge is 0.329 e. The van der Waals surface area contributed by atoms with E-state index in [1.165, 1.54) is 14.0 Å². The molecule has 1 aromatic rings. The van der Waals surface area contributed by atoms with Gasteiger partial charge in [-0.15, -0.1) is 0 Å². The number of imide groups is 1. The van der Waals surface area contributed by atoms with Gasteiger partial charge in [-0.25, -0.2) is 4.79 Å². The van der Waals surface area contributed by atoms with Crippen molar-refractivity contribution >= 4 is 50.9 Å². The van der Waals surface area contributed by atoms with Gasteiger partial charge in [-0.3, -0.25) is 14.5 Å². The van der Waals surface area contributed by atoms with Crippen LogP contribution in [0.25, 0.3) is 6.08 Å². The third-order valence-corrected chi connectivity index (χ3v) is 5.21. The molecule has 0 saturated carbocycles. The number of benzene rings is 1. The number of hydrogen-bond acceptors (Lipinski definition) is 7. The van der Waals surface area contributed by atoms with Gasteiger partial charge in [0, 0.05) is 0 Å². The van der Waals surface area contributed by atoms with E-state index in [1.807, 2.05) is 13.8 Å². The molecule has 9 heteroatoms. The maximum atomic E-state index is 12.7. The van der Waals surface area contributed by atoms with E-state index in [2.05, 4.69) is 15.9 Å². The van der Waals surface area contributed by atoms with Gasteiger partial charge < -0.3 is 14.2 Å². The predicted molar refractivity (Wildman–Crippen MR) is 110 cm³/mol. The second-order valence-electron chi connectivity index (χ2n) is 6.18. The van der Waals surface area contributed by atoms with Crippen molar-refractivity contribution in [1.29, 1.82) is 0 Å². The molecule has 1 aliphatic heterocycles. The van der Waals surface area contributed by atoms with E-state index >= 15 is 0 Å². The van der Waals surface area contributed by atoms with E-state index in [4.69, 9.17) is 14.2 Å². The SMILES string of the molecule is CCOC(=O)[C@@H](C)N1C(=O)S/C(=C/c2cc(Br)c(OC(C)C)c(OC)c2)C1=O. The lowest BCUT2D eigenvalue weighted by Gasteiger charge is -2.19. The highest BCUT2D eigenvalue weighted by molar-refractivity contribution is 9.10. The largest absolute Gasteiger partial charge is 0.493 e. The average Bonchev–Trinajstić information content (AvgIpc) is 2.89. The molecule has 1 heterocycles. The van der Waals surface area contributed by atoms with Crippen LogP contribution in [0.15, 0.2) is 21.5 Å². The summed E-state index contributed by atoms with van der Waals surface area (Å²) in [5.41, 5.74) is 0.647. The quantitative estimate of drug-likeness (QED) is 0.434. The van der Waals surface area contributed by atoms with Crippen LogP contribution in [-0.4, -0.2) is 47.9 Å². The van der Waals surface area contributed by atoms with Crippen molar-refractivity contribution in [3.63, 3.8) is 0 Å². The topological polar surface area (TPSA) is 82.1 Å². The van der Waals surface area contributed by atoms with Crippen LogP contribution in [0.4, 0.5) is 4.79 Å². The van der Waals surface area contributed by atoms with E-state index in [0.717, 1.165) is 16.7 Å². The summed E-state index contributed by atoms with van der Waals surface area (Å²) >= 11 is 4.23. The molecular weight excluding hydrogens is 450 g/mol. The number of amides is 2. The van der Waals surface area contributed by atoms with Crippen molar-refractivity contribution in [2.75, 3.05) is 13.7 Å². The van der Waals surface area contributed by atoms with Crippen LogP contribution in [0, 0.1) is 0 Å². The normalized spacial score (nSPS) is 16.7. The Morgan fingerprint density at radius 3 is 2.54 bits per heavy atom. The molecule has 28 heavy (non-hydrogen) atoms. The number of ether oxygens (including phenoxy) is 3. The summed E-state index contributed by atoms with van der Waals surface area (Å²) in [5.74, 6) is -0.106. The molecule has 0 N–H and O–H groups in total. The molecule has 0 spiro atoms. The third kappa shape index (κ3) is 4.88. The van der Waals surface area contributed by atoms with Crippen LogP contribution in [-0.2, 0) is 14.3 Å². The Hall–Kier alpha value is -2.00. The minimum Gasteiger partial charge on any atom is -0.493 e. The van der Waals surface area contributed by atoms with Gasteiger partial charge in [0.15, 0.2) is 11.5 Å². The Morgan fingerprint density at radius 1 is 1.29 bits per heavy atom. The molecular formula is C19H22BrNO6S. The maximum Gasteiger partial charge on any atom is 0.329 e. The zero-order valence-electron chi connectivity index (χ0n) is 16.3. The maximum absolute atomic E-state index is 12.7. The van der Waals surface area contributed by atoms with Crippen molar-refractivity contribution in [2.24, 2.45) is 0 Å². The van der Waals surface area contributed by atoms with Crippen molar-refractivity contribution in [1.82, 2.24) is 4.90 Å². The average molecular weight is 472 g/mol. The van der Waals surface area contributed by atoms with E-state index in [9.17, 15) is 14.4 Å². The highest BCUT2D eigenvalue weighted by Gasteiger charge is 2.41. The second kappa shape index (κ2) is 9.47. The van der Waals surface area contributed by atoms with Crippen molar-refractivity contribution in [3.05, 3.63) is 27.1 Å². The fraction of sp³-hybridized carbons (Fsp3) is 0.421. The summed E-state index contributed by atoms with van der Waals surface area (Å²) in [6.07, 6.45) is 1.53. The Bertz CT molecular complexity index is 823. The summed E-state index contributed by atoms with van der Waals surface area (Å²) in [4.78, 5) is 38.0. The first-order valence-electron chi connectivity index (χ1n) is 8.67. The lowest BCUT2D eigenvalue weighted by molar-refractivity contribution is -0.150. The van der Waals surface area contributed by atoms with Gasteiger partial charge in [0.05, 0.1) is 29.2 Å². The van der Waals surface area contributed by atoms with Crippen molar-refractivity contribution < 1.29 is 28.6 Å². The molecule has 1 fully saturated rings. The molecule has 1 aromatic carbocycles. The third-order valence-electron chi connectivity index (χ3n) is 3.74. The summed E-state index contributed by atoms with van der Waals surface area (Å²) in [7, 11) is 1.52. The van der Waals surface area contributed by atoms with Crippen LogP contribution in [0.3, 0.4) is 0 Å². The summed E-state index contributed by atoms with van der Waals surface area (Å²) < 4.78 is 16.7. The molecule has 7 nitrogen and oxygen atoms in total. The first-order chi connectivity index (χ1) is 13.2. The van der Waals surface area contributed by atoms with Crippen LogP contribution in [0.2, 0.25) is 0 Å². The highest BCUT2D eigenvalue weighted by atomic mass is 79.9. The van der Waals surface area contributed by atoms with Crippen LogP contribution < -0.4 is 9.47 Å². The molecule has 0 radical (unpaired) electrons. The molecule has 152 valence electrons. The first kappa shape index (κ1) is 22.3. The number of carbonyl (C=O) groups is 3. The number of thioether (sulfide) groups is 1. The minimum atomic E-state index is -0.985. The molecule has 1 atom stereocenters. The summed E-state index contributed by atoms with van der Waals surface area (Å²) in [6.45, 7) is 7.11. The molecule has 2 rings (SSSR count). The lowest BCUT2D eigenvalue weighted by Crippen LogP contribution is -2.42. The number of carbonyl (C=O) groups excluding carboxylic acids is 3. The van der Waals surface area contributed by atoms with Crippen molar-refractivity contribution in [3.8, 4) is 11.5 Å². The molecule has 1 aliphatic rings. The number of nitrogens with zero attached hydrogens (tertiary/aromatic N) is 1. The predicted octanol–water partition coefficient (Wildman–Crippen LogP) is 4.23. The van der Waals surface area contributed by atoms with Crippen molar-refractivity contribution in [2.45, 2.75) is 39.8 Å². The summed E-state index contributed by atoms with van der Waals surface area (Å²) in [6, 6.07) is 2.50. The fourth-order valence-corrected chi connectivity index (χ4v) is 3.97. The van der Waals surface area contributed by atoms with Gasteiger partial charge in [0.2, 0.25) is 0 Å². The molecule has 0 bridgehead atoms. The lowest BCUT2D eigenvalue weighted by atomic mass is 10.1. The molecule has 0 aliphatic carbocycles. The van der Waals surface area contributed by atoms with Gasteiger partial charge >= 0.3 is 5.97 Å². The van der Waals surface area contributed by atoms with Gasteiger partial charge in [-0.2, -0.15) is 0 Å². The Balaban J connectivity index is 2.33. The summed E-state index contributed by atoms with van der Waals surface area (Å²) in [5, 5.41) is -0.511. The fourth-order valence-electron chi connectivity index (χ4n) is 2.51. The zero-order valence-corrected chi connectivity index (χ0v) is 18.7. The second-order valence-corrected chi connectivity index (χ2v) is 8.03. The van der Waals surface area contributed by atoms with E-state index in [1.54, 1.807) is 25.1 Å². The van der Waals surface area contributed by atoms with Gasteiger partial charge in [0.1, 0.15) is 6.04 Å². The highest BCUT2D eigenvalue weighted by Crippen LogP contribution is 2.39. The Morgan fingerprint density at radius 2 is 1.96 bits per heavy atom. The zero-order chi connectivity index (χ0) is 21.0. The molecule has 0 aromatic heterocycles. The van der Waals surface area contributed by atoms with E-state index in [0.29, 0.717) is 21.5 Å². The standard InChI is InChI=1S/C19H22BrNO6S/c1-6-26-18(23)11(4)21-17(22)15(28-19(21)24)9-12-7-13(20)16(27-10(2)3)14(8-12)25-5/h7-11H,6H2,1-5H3/b15-9+/t11-/m1/s1. The number of methoxy groups -OCH3 is 1. The van der Waals surface area contributed by atoms with E-state index < -0.39 is 23.2 Å². The first-order valence-corrected chi connectivity index (χ1v) is 10.3. The monoisotopic (exact) mass is 471 g/mol. The number of hydrogen-bond donors (Lipinski definition) is 0. The number of esters is 1. The molecule has 0 unspecified atom stereocenters. The van der Waals surface area contributed by atoms with E-state index in [-0.39, 0.29) is 17.6 Å². The Kier molecular flexibility index (Phi) is 7.54. The van der Waals surface area contributed by atoms with Crippen LogP contribution in [0.5, 0.6) is 11.5 Å². The van der Waals surface area contributed by atoms with Crippen LogP contribution >= 0.6 is 27.7 Å². The van der Waals surface area contributed by atoms with Gasteiger partial charge in [-0.05, 0) is 79.2 Å². The Labute approximate surface area is 176 Å². The van der Waals surface area contributed by atoms with Gasteiger partial charge in [-0.1, -0.05) is 0 Å².